The van der Waals surface area contributed by atoms with Crippen LogP contribution in [0, 0.1) is 5.82 Å². The van der Waals surface area contributed by atoms with Gasteiger partial charge in [0.25, 0.3) is 11.5 Å². The van der Waals surface area contributed by atoms with Crippen LogP contribution in [-0.2, 0) is 29.0 Å². The summed E-state index contributed by atoms with van der Waals surface area (Å²) in [7, 11) is 0. The second-order valence-electron chi connectivity index (χ2n) is 6.46. The molecule has 0 unspecified atom stereocenters. The summed E-state index contributed by atoms with van der Waals surface area (Å²) in [6.45, 7) is -1.27. The fraction of sp³-hybridized carbons (Fsp3) is 0.278. The molecule has 160 valence electrons. The molecule has 0 spiro atoms. The summed E-state index contributed by atoms with van der Waals surface area (Å²) in [5, 5.41) is 21.0. The quantitative estimate of drug-likeness (QED) is 0.609. The lowest BCUT2D eigenvalue weighted by molar-refractivity contribution is -0.138. The number of aromatic nitrogens is 1. The number of pyridine rings is 1. The Morgan fingerprint density at radius 3 is 2.53 bits per heavy atom. The van der Waals surface area contributed by atoms with Gasteiger partial charge < -0.3 is 20.1 Å². The van der Waals surface area contributed by atoms with Crippen molar-refractivity contribution in [3.8, 4) is 5.75 Å². The Morgan fingerprint density at radius 2 is 1.90 bits per heavy atom. The number of thioether (sulfide) groups is 1. The van der Waals surface area contributed by atoms with Gasteiger partial charge in [0.1, 0.15) is 23.7 Å². The second-order valence-corrected chi connectivity index (χ2v) is 7.44. The van der Waals surface area contributed by atoms with Crippen LogP contribution < -0.4 is 10.9 Å². The van der Waals surface area contributed by atoms with Crippen molar-refractivity contribution in [1.29, 1.82) is 0 Å². The standard InChI is InChI=1S/C18H14F4N2O5S/c19-10-2-8(1-9(3-10)18(20,21)22)5-24-12-7-30-6-11(12)15(27)14(17(24)29)16(28)23-4-13(25)26/h1-3,27H,4-7H2,(H,23,28)(H,25,26). The number of nitrogens with zero attached hydrogens (tertiary/aromatic N) is 1. The Labute approximate surface area is 170 Å². The van der Waals surface area contributed by atoms with Crippen LogP contribution in [-0.4, -0.2) is 33.2 Å². The van der Waals surface area contributed by atoms with Gasteiger partial charge in [-0.3, -0.25) is 14.4 Å². The molecule has 1 aliphatic rings. The van der Waals surface area contributed by atoms with Gasteiger partial charge in [-0.15, -0.1) is 0 Å². The lowest BCUT2D eigenvalue weighted by Gasteiger charge is -2.17. The molecule has 2 heterocycles. The average Bonchev–Trinajstić information content (AvgIpc) is 3.12. The molecule has 3 rings (SSSR count). The molecular formula is C18H14F4N2O5S. The number of carboxylic acids is 1. The van der Waals surface area contributed by atoms with E-state index in [0.29, 0.717) is 17.8 Å². The van der Waals surface area contributed by atoms with E-state index < -0.39 is 59.4 Å². The van der Waals surface area contributed by atoms with Gasteiger partial charge in [-0.2, -0.15) is 24.9 Å². The van der Waals surface area contributed by atoms with E-state index in [-0.39, 0.29) is 22.6 Å². The number of fused-ring (bicyclic) bond motifs is 1. The Morgan fingerprint density at radius 1 is 1.20 bits per heavy atom. The van der Waals surface area contributed by atoms with Crippen molar-refractivity contribution in [2.75, 3.05) is 6.54 Å². The Balaban J connectivity index is 2.10. The molecule has 0 fully saturated rings. The molecule has 1 aromatic heterocycles. The highest BCUT2D eigenvalue weighted by molar-refractivity contribution is 7.98. The minimum Gasteiger partial charge on any atom is -0.507 e. The Bertz CT molecular complexity index is 1100. The topological polar surface area (TPSA) is 109 Å². The third kappa shape index (κ3) is 4.27. The zero-order valence-electron chi connectivity index (χ0n) is 15.0. The van der Waals surface area contributed by atoms with Crippen molar-refractivity contribution in [2.24, 2.45) is 0 Å². The Hall–Kier alpha value is -3.02. The molecule has 3 N–H and O–H groups in total. The van der Waals surface area contributed by atoms with Gasteiger partial charge in [-0.25, -0.2) is 4.39 Å². The number of amides is 1. The number of aromatic hydroxyl groups is 1. The van der Waals surface area contributed by atoms with Crippen molar-refractivity contribution in [1.82, 2.24) is 9.88 Å². The van der Waals surface area contributed by atoms with Crippen molar-refractivity contribution in [3.63, 3.8) is 0 Å². The molecule has 0 aliphatic carbocycles. The lowest BCUT2D eigenvalue weighted by Crippen LogP contribution is -2.37. The summed E-state index contributed by atoms with van der Waals surface area (Å²) >= 11 is 1.30. The number of carbonyl (C=O) groups is 2. The first kappa shape index (κ1) is 21.7. The fourth-order valence-corrected chi connectivity index (χ4v) is 4.21. The van der Waals surface area contributed by atoms with Gasteiger partial charge in [-0.05, 0) is 23.8 Å². The molecule has 1 amide bonds. The normalized spacial score (nSPS) is 13.2. The van der Waals surface area contributed by atoms with E-state index in [1.54, 1.807) is 0 Å². The van der Waals surface area contributed by atoms with Gasteiger partial charge in [0, 0.05) is 22.8 Å². The number of benzene rings is 1. The van der Waals surface area contributed by atoms with E-state index in [0.717, 1.165) is 10.6 Å². The zero-order valence-corrected chi connectivity index (χ0v) is 15.9. The molecule has 12 heteroatoms. The largest absolute Gasteiger partial charge is 0.507 e. The van der Waals surface area contributed by atoms with Gasteiger partial charge in [-0.1, -0.05) is 0 Å². The fourth-order valence-electron chi connectivity index (χ4n) is 3.08. The molecule has 0 saturated carbocycles. The van der Waals surface area contributed by atoms with Gasteiger partial charge in [0.05, 0.1) is 12.1 Å². The number of hydrogen-bond donors (Lipinski definition) is 3. The van der Waals surface area contributed by atoms with Gasteiger partial charge >= 0.3 is 12.1 Å². The van der Waals surface area contributed by atoms with E-state index in [9.17, 15) is 37.1 Å². The predicted molar refractivity (Wildman–Crippen MR) is 97.8 cm³/mol. The molecule has 1 aromatic carbocycles. The highest BCUT2D eigenvalue weighted by Gasteiger charge is 2.32. The number of carbonyl (C=O) groups excluding carboxylic acids is 1. The summed E-state index contributed by atoms with van der Waals surface area (Å²) in [4.78, 5) is 35.8. The van der Waals surface area contributed by atoms with E-state index in [1.165, 1.54) is 11.8 Å². The summed E-state index contributed by atoms with van der Waals surface area (Å²) in [5.41, 5.74) is -2.58. The highest BCUT2D eigenvalue weighted by atomic mass is 32.2. The smallest absolute Gasteiger partial charge is 0.416 e. The maximum absolute atomic E-state index is 13.7. The summed E-state index contributed by atoms with van der Waals surface area (Å²) in [5.74, 6) is -3.77. The third-order valence-electron chi connectivity index (χ3n) is 4.39. The predicted octanol–water partition coefficient (Wildman–Crippen LogP) is 2.32. The molecule has 0 atom stereocenters. The van der Waals surface area contributed by atoms with Crippen LogP contribution in [0.25, 0.3) is 0 Å². The van der Waals surface area contributed by atoms with E-state index >= 15 is 0 Å². The molecule has 7 nitrogen and oxygen atoms in total. The zero-order chi connectivity index (χ0) is 22.2. The maximum Gasteiger partial charge on any atom is 0.416 e. The minimum atomic E-state index is -4.80. The molecule has 0 radical (unpaired) electrons. The number of alkyl halides is 3. The van der Waals surface area contributed by atoms with Crippen LogP contribution >= 0.6 is 11.8 Å². The second kappa shape index (κ2) is 8.01. The Kier molecular flexibility index (Phi) is 5.79. The van der Waals surface area contributed by atoms with E-state index in [2.05, 4.69) is 0 Å². The number of aliphatic carboxylic acids is 1. The first-order valence-electron chi connectivity index (χ1n) is 8.41. The molecule has 1 aliphatic heterocycles. The van der Waals surface area contributed by atoms with Crippen molar-refractivity contribution >= 4 is 23.6 Å². The van der Waals surface area contributed by atoms with Gasteiger partial charge in [0.15, 0.2) is 0 Å². The molecule has 30 heavy (non-hydrogen) atoms. The van der Waals surface area contributed by atoms with Gasteiger partial charge in [0.2, 0.25) is 0 Å². The summed E-state index contributed by atoms with van der Waals surface area (Å²) in [6, 6.07) is 1.86. The molecule has 0 bridgehead atoms. The number of hydrogen-bond acceptors (Lipinski definition) is 5. The molecule has 0 saturated heterocycles. The summed E-state index contributed by atoms with van der Waals surface area (Å²) < 4.78 is 53.7. The van der Waals surface area contributed by atoms with Crippen LogP contribution in [0.5, 0.6) is 5.75 Å². The number of halogens is 4. The van der Waals surface area contributed by atoms with E-state index in [4.69, 9.17) is 5.11 Å². The van der Waals surface area contributed by atoms with E-state index in [1.807, 2.05) is 5.32 Å². The highest BCUT2D eigenvalue weighted by Crippen LogP contribution is 2.37. The van der Waals surface area contributed by atoms with Crippen LogP contribution in [0.3, 0.4) is 0 Å². The molecule has 2 aromatic rings. The first-order chi connectivity index (χ1) is 14.0. The third-order valence-corrected chi connectivity index (χ3v) is 5.36. The van der Waals surface area contributed by atoms with Crippen LogP contribution in [0.2, 0.25) is 0 Å². The maximum atomic E-state index is 13.7. The minimum absolute atomic E-state index is 0.161. The monoisotopic (exact) mass is 446 g/mol. The van der Waals surface area contributed by atoms with Crippen molar-refractivity contribution < 1.29 is 37.4 Å². The van der Waals surface area contributed by atoms with Crippen LogP contribution in [0.4, 0.5) is 17.6 Å². The molecular weight excluding hydrogens is 432 g/mol. The number of rotatable bonds is 5. The van der Waals surface area contributed by atoms with Crippen molar-refractivity contribution in [2.45, 2.75) is 24.2 Å². The van der Waals surface area contributed by atoms with Crippen LogP contribution in [0.1, 0.15) is 32.7 Å². The summed E-state index contributed by atoms with van der Waals surface area (Å²) in [6.07, 6.45) is -4.80. The van der Waals surface area contributed by atoms with Crippen molar-refractivity contribution in [3.05, 3.63) is 62.3 Å². The lowest BCUT2D eigenvalue weighted by atomic mass is 10.1. The SMILES string of the molecule is O=C(O)CNC(=O)c1c(O)c2c(n(Cc3cc(F)cc(C(F)(F)F)c3)c1=O)CSC2. The van der Waals surface area contributed by atoms with Crippen LogP contribution in [0.15, 0.2) is 23.0 Å². The number of carboxylic acid groups (broad SMARTS) is 1. The first-order valence-corrected chi connectivity index (χ1v) is 9.56. The number of nitrogens with one attached hydrogen (secondary N) is 1. The average molecular weight is 446 g/mol.